The van der Waals surface area contributed by atoms with Crippen LogP contribution in [0.15, 0.2) is 29.3 Å². The minimum atomic E-state index is 0.138. The Morgan fingerprint density at radius 3 is 3.10 bits per heavy atom. The number of aromatic amines is 1. The first kappa shape index (κ1) is 13.6. The zero-order chi connectivity index (χ0) is 13.9. The van der Waals surface area contributed by atoms with Crippen LogP contribution in [0.1, 0.15) is 17.5 Å². The van der Waals surface area contributed by atoms with Crippen LogP contribution in [0.4, 0.5) is 5.69 Å². The van der Waals surface area contributed by atoms with Crippen LogP contribution in [0.3, 0.4) is 0 Å². The maximum atomic E-state index is 5.84. The molecule has 1 atom stereocenters. The van der Waals surface area contributed by atoms with Gasteiger partial charge in [0.25, 0.3) is 0 Å². The second kappa shape index (κ2) is 5.93. The van der Waals surface area contributed by atoms with Gasteiger partial charge < -0.3 is 9.64 Å². The summed E-state index contributed by atoms with van der Waals surface area (Å²) >= 11 is 7.60. The van der Waals surface area contributed by atoms with E-state index < -0.39 is 0 Å². The number of rotatable bonds is 5. The molecule has 2 heterocycles. The molecule has 20 heavy (non-hydrogen) atoms. The second-order valence-electron chi connectivity index (χ2n) is 4.43. The molecular formula is C13H15ClN4OS. The van der Waals surface area contributed by atoms with Gasteiger partial charge in [0, 0.05) is 17.3 Å². The van der Waals surface area contributed by atoms with Crippen LogP contribution >= 0.6 is 23.4 Å². The SMILES string of the molecule is COc1ccc2c(c1)SC(c1cn[nH]n1)N2CCCCl. The van der Waals surface area contributed by atoms with Gasteiger partial charge in [-0.1, -0.05) is 11.8 Å². The molecule has 0 radical (unpaired) electrons. The molecule has 3 rings (SSSR count). The largest absolute Gasteiger partial charge is 0.497 e. The number of hydrogen-bond donors (Lipinski definition) is 1. The number of thioether (sulfide) groups is 1. The number of ether oxygens (including phenoxy) is 1. The molecule has 1 aliphatic rings. The Balaban J connectivity index is 1.93. The molecule has 2 aromatic rings. The van der Waals surface area contributed by atoms with Gasteiger partial charge in [-0.2, -0.15) is 15.4 Å². The van der Waals surface area contributed by atoms with E-state index >= 15 is 0 Å². The molecule has 0 fully saturated rings. The summed E-state index contributed by atoms with van der Waals surface area (Å²) in [7, 11) is 1.68. The van der Waals surface area contributed by atoms with E-state index in [4.69, 9.17) is 16.3 Å². The number of fused-ring (bicyclic) bond motifs is 1. The Morgan fingerprint density at radius 2 is 2.40 bits per heavy atom. The average Bonchev–Trinajstić information content (AvgIpc) is 3.11. The maximum Gasteiger partial charge on any atom is 0.126 e. The predicted octanol–water partition coefficient (Wildman–Crippen LogP) is 3.05. The highest BCUT2D eigenvalue weighted by Gasteiger charge is 2.32. The molecule has 0 saturated carbocycles. The molecule has 0 amide bonds. The lowest BCUT2D eigenvalue weighted by Crippen LogP contribution is -2.25. The van der Waals surface area contributed by atoms with E-state index in [9.17, 15) is 0 Å². The number of hydrogen-bond acceptors (Lipinski definition) is 5. The first-order valence-electron chi connectivity index (χ1n) is 6.36. The third-order valence-electron chi connectivity index (χ3n) is 3.22. The number of benzene rings is 1. The van der Waals surface area contributed by atoms with E-state index in [0.717, 1.165) is 24.4 Å². The highest BCUT2D eigenvalue weighted by Crippen LogP contribution is 2.51. The van der Waals surface area contributed by atoms with Crippen molar-refractivity contribution in [1.82, 2.24) is 15.4 Å². The first-order chi connectivity index (χ1) is 9.83. The molecule has 0 spiro atoms. The van der Waals surface area contributed by atoms with Crippen LogP contribution < -0.4 is 9.64 Å². The van der Waals surface area contributed by atoms with Gasteiger partial charge in [-0.15, -0.1) is 11.6 Å². The number of H-pyrrole nitrogens is 1. The van der Waals surface area contributed by atoms with E-state index in [1.165, 1.54) is 10.6 Å². The summed E-state index contributed by atoms with van der Waals surface area (Å²) in [6.07, 6.45) is 2.70. The van der Waals surface area contributed by atoms with Gasteiger partial charge in [-0.05, 0) is 24.6 Å². The van der Waals surface area contributed by atoms with Gasteiger partial charge in [0.1, 0.15) is 16.8 Å². The summed E-state index contributed by atoms with van der Waals surface area (Å²) in [6.45, 7) is 0.896. The maximum absolute atomic E-state index is 5.84. The number of nitrogens with one attached hydrogen (secondary N) is 1. The van der Waals surface area contributed by atoms with Crippen LogP contribution in [0.5, 0.6) is 5.75 Å². The predicted molar refractivity (Wildman–Crippen MR) is 80.7 cm³/mol. The first-order valence-corrected chi connectivity index (χ1v) is 7.78. The molecular weight excluding hydrogens is 296 g/mol. The van der Waals surface area contributed by atoms with Crippen LogP contribution in [-0.4, -0.2) is 34.9 Å². The number of nitrogens with zero attached hydrogens (tertiary/aromatic N) is 3. The zero-order valence-corrected chi connectivity index (χ0v) is 12.6. The number of halogens is 1. The third-order valence-corrected chi connectivity index (χ3v) is 4.78. The van der Waals surface area contributed by atoms with Crippen LogP contribution in [0.2, 0.25) is 0 Å². The summed E-state index contributed by atoms with van der Waals surface area (Å²) in [5, 5.41) is 11.0. The summed E-state index contributed by atoms with van der Waals surface area (Å²) < 4.78 is 5.29. The van der Waals surface area contributed by atoms with Gasteiger partial charge in [0.15, 0.2) is 0 Å². The Bertz CT molecular complexity index is 578. The Labute approximate surface area is 126 Å². The van der Waals surface area contributed by atoms with E-state index in [-0.39, 0.29) is 5.37 Å². The number of alkyl halides is 1. The number of methoxy groups -OCH3 is 1. The van der Waals surface area contributed by atoms with Crippen molar-refractivity contribution in [1.29, 1.82) is 0 Å². The fraction of sp³-hybridized carbons (Fsp3) is 0.385. The van der Waals surface area contributed by atoms with E-state index in [1.54, 1.807) is 25.1 Å². The summed E-state index contributed by atoms with van der Waals surface area (Å²) in [5.41, 5.74) is 2.13. The topological polar surface area (TPSA) is 54.0 Å². The van der Waals surface area contributed by atoms with Crippen molar-refractivity contribution in [2.75, 3.05) is 24.4 Å². The van der Waals surface area contributed by atoms with Crippen molar-refractivity contribution < 1.29 is 4.74 Å². The number of aromatic nitrogens is 3. The van der Waals surface area contributed by atoms with Gasteiger partial charge in [-0.3, -0.25) is 0 Å². The molecule has 5 nitrogen and oxygen atoms in total. The molecule has 1 N–H and O–H groups in total. The standard InChI is InChI=1S/C13H15ClN4OS/c1-19-9-3-4-11-12(7-9)20-13(10-8-15-17-16-10)18(11)6-2-5-14/h3-4,7-8,13H,2,5-6H2,1H3,(H,15,16,17). The smallest absolute Gasteiger partial charge is 0.126 e. The lowest BCUT2D eigenvalue weighted by atomic mass is 10.2. The summed E-state index contributed by atoms with van der Waals surface area (Å²) in [5.74, 6) is 1.52. The zero-order valence-electron chi connectivity index (χ0n) is 11.0. The fourth-order valence-electron chi connectivity index (χ4n) is 2.28. The molecule has 0 bridgehead atoms. The molecule has 1 aromatic carbocycles. The summed E-state index contributed by atoms with van der Waals surface area (Å²) in [4.78, 5) is 3.52. The second-order valence-corrected chi connectivity index (χ2v) is 5.93. The van der Waals surface area contributed by atoms with Crippen LogP contribution in [-0.2, 0) is 0 Å². The van der Waals surface area contributed by atoms with E-state index in [0.29, 0.717) is 5.88 Å². The van der Waals surface area contributed by atoms with E-state index in [1.807, 2.05) is 6.07 Å². The minimum Gasteiger partial charge on any atom is -0.497 e. The van der Waals surface area contributed by atoms with Crippen LogP contribution in [0, 0.1) is 0 Å². The highest BCUT2D eigenvalue weighted by atomic mass is 35.5. The molecule has 106 valence electrons. The van der Waals surface area contributed by atoms with Gasteiger partial charge >= 0.3 is 0 Å². The lowest BCUT2D eigenvalue weighted by Gasteiger charge is -2.24. The lowest BCUT2D eigenvalue weighted by molar-refractivity contribution is 0.414. The number of anilines is 1. The van der Waals surface area contributed by atoms with Crippen LogP contribution in [0.25, 0.3) is 0 Å². The van der Waals surface area contributed by atoms with Crippen molar-refractivity contribution in [2.45, 2.75) is 16.7 Å². The van der Waals surface area contributed by atoms with Gasteiger partial charge in [0.05, 0.1) is 19.0 Å². The summed E-state index contributed by atoms with van der Waals surface area (Å²) in [6, 6.07) is 6.14. The van der Waals surface area contributed by atoms with Crippen molar-refractivity contribution in [3.05, 3.63) is 30.1 Å². The molecule has 1 aliphatic heterocycles. The third kappa shape index (κ3) is 2.45. The fourth-order valence-corrected chi connectivity index (χ4v) is 3.71. The molecule has 0 aliphatic carbocycles. The van der Waals surface area contributed by atoms with Crippen molar-refractivity contribution in [3.8, 4) is 5.75 Å². The molecule has 7 heteroatoms. The Kier molecular flexibility index (Phi) is 4.03. The van der Waals surface area contributed by atoms with E-state index in [2.05, 4.69) is 32.4 Å². The minimum absolute atomic E-state index is 0.138. The average molecular weight is 311 g/mol. The molecule has 0 saturated heterocycles. The quantitative estimate of drug-likeness (QED) is 0.860. The van der Waals surface area contributed by atoms with Gasteiger partial charge in [0.2, 0.25) is 0 Å². The Hall–Kier alpha value is -1.40. The Morgan fingerprint density at radius 1 is 1.50 bits per heavy atom. The van der Waals surface area contributed by atoms with Gasteiger partial charge in [-0.25, -0.2) is 0 Å². The van der Waals surface area contributed by atoms with Crippen molar-refractivity contribution >= 4 is 29.1 Å². The van der Waals surface area contributed by atoms with Crippen molar-refractivity contribution in [2.24, 2.45) is 0 Å². The molecule has 1 unspecified atom stereocenters. The van der Waals surface area contributed by atoms with Crippen molar-refractivity contribution in [3.63, 3.8) is 0 Å². The monoisotopic (exact) mass is 310 g/mol. The highest BCUT2D eigenvalue weighted by molar-refractivity contribution is 8.00. The normalized spacial score (nSPS) is 17.3. The molecule has 1 aromatic heterocycles.